The average Bonchev–Trinajstić information content (AvgIpc) is 2.37. The lowest BCUT2D eigenvalue weighted by Gasteiger charge is -2.04. The third-order valence-corrected chi connectivity index (χ3v) is 1.53. The first-order valence-corrected chi connectivity index (χ1v) is 3.35. The van der Waals surface area contributed by atoms with Gasteiger partial charge in [0.05, 0.1) is 5.69 Å². The zero-order chi connectivity index (χ0) is 9.14. The van der Waals surface area contributed by atoms with Crippen molar-refractivity contribution >= 4 is 5.97 Å². The van der Waals surface area contributed by atoms with Gasteiger partial charge in [-0.05, 0) is 0 Å². The van der Waals surface area contributed by atoms with Gasteiger partial charge in [0.2, 0.25) is 0 Å². The normalized spacial score (nSPS) is 12.8. The van der Waals surface area contributed by atoms with Crippen LogP contribution in [0.1, 0.15) is 11.6 Å². The van der Waals surface area contributed by atoms with Gasteiger partial charge in [0.1, 0.15) is 5.92 Å². The molecule has 5 N–H and O–H groups in total. The van der Waals surface area contributed by atoms with Gasteiger partial charge >= 0.3 is 11.7 Å². The molecule has 1 aromatic rings. The third kappa shape index (κ3) is 1.54. The highest BCUT2D eigenvalue weighted by atomic mass is 16.4. The Kier molecular flexibility index (Phi) is 2.29. The van der Waals surface area contributed by atoms with Gasteiger partial charge in [0.25, 0.3) is 0 Å². The molecule has 0 aromatic carbocycles. The molecule has 0 radical (unpaired) electrons. The highest BCUT2D eigenvalue weighted by molar-refractivity contribution is 5.75. The summed E-state index contributed by atoms with van der Waals surface area (Å²) < 4.78 is 0. The monoisotopic (exact) mass is 171 g/mol. The van der Waals surface area contributed by atoms with E-state index in [2.05, 4.69) is 9.97 Å². The number of carbonyl (C=O) groups is 1. The average molecular weight is 171 g/mol. The summed E-state index contributed by atoms with van der Waals surface area (Å²) in [6.07, 6.45) is 1.31. The van der Waals surface area contributed by atoms with Crippen LogP contribution in [-0.2, 0) is 4.79 Å². The Labute approximate surface area is 67.4 Å². The maximum atomic E-state index is 10.6. The summed E-state index contributed by atoms with van der Waals surface area (Å²) >= 11 is 0. The number of carboxylic acid groups (broad SMARTS) is 1. The second-order valence-electron chi connectivity index (χ2n) is 2.32. The Morgan fingerprint density at radius 3 is 2.75 bits per heavy atom. The molecule has 66 valence electrons. The topological polar surface area (TPSA) is 112 Å². The molecule has 0 saturated heterocycles. The summed E-state index contributed by atoms with van der Waals surface area (Å²) in [6, 6.07) is 0. The van der Waals surface area contributed by atoms with Crippen LogP contribution < -0.4 is 11.4 Å². The number of nitrogens with two attached hydrogens (primary N) is 1. The van der Waals surface area contributed by atoms with E-state index in [0.29, 0.717) is 5.69 Å². The molecule has 12 heavy (non-hydrogen) atoms. The van der Waals surface area contributed by atoms with Gasteiger partial charge < -0.3 is 20.8 Å². The van der Waals surface area contributed by atoms with Crippen LogP contribution in [0.25, 0.3) is 0 Å². The smallest absolute Gasteiger partial charge is 0.323 e. The van der Waals surface area contributed by atoms with E-state index in [9.17, 15) is 9.59 Å². The van der Waals surface area contributed by atoms with Crippen LogP contribution in [0.15, 0.2) is 11.0 Å². The van der Waals surface area contributed by atoms with Crippen molar-refractivity contribution in [1.29, 1.82) is 0 Å². The number of H-pyrrole nitrogens is 2. The largest absolute Gasteiger partial charge is 0.481 e. The van der Waals surface area contributed by atoms with Crippen molar-refractivity contribution in [2.45, 2.75) is 5.92 Å². The minimum Gasteiger partial charge on any atom is -0.481 e. The van der Waals surface area contributed by atoms with Crippen LogP contribution in [0, 0.1) is 0 Å². The lowest BCUT2D eigenvalue weighted by atomic mass is 10.1. The van der Waals surface area contributed by atoms with Gasteiger partial charge in [0, 0.05) is 12.7 Å². The lowest BCUT2D eigenvalue weighted by Crippen LogP contribution is -2.22. The molecule has 0 bridgehead atoms. The molecule has 1 heterocycles. The molecule has 0 fully saturated rings. The predicted molar refractivity (Wildman–Crippen MR) is 40.8 cm³/mol. The van der Waals surface area contributed by atoms with Crippen LogP contribution in [0.3, 0.4) is 0 Å². The fourth-order valence-corrected chi connectivity index (χ4v) is 0.895. The molecule has 1 aromatic heterocycles. The van der Waals surface area contributed by atoms with Crippen LogP contribution in [0.4, 0.5) is 0 Å². The van der Waals surface area contributed by atoms with Crippen LogP contribution >= 0.6 is 0 Å². The molecule has 1 rings (SSSR count). The predicted octanol–water partition coefficient (Wildman–Crippen LogP) is -1.17. The van der Waals surface area contributed by atoms with Gasteiger partial charge in [0.15, 0.2) is 0 Å². The summed E-state index contributed by atoms with van der Waals surface area (Å²) in [5.74, 6) is -1.89. The SMILES string of the molecule is NCC(C(=O)O)c1c[nH]c(=O)[nH]1. The van der Waals surface area contributed by atoms with E-state index in [1.54, 1.807) is 0 Å². The number of imidazole rings is 1. The first-order chi connectivity index (χ1) is 5.65. The number of carboxylic acids is 1. The Morgan fingerprint density at radius 2 is 2.42 bits per heavy atom. The van der Waals surface area contributed by atoms with Crippen LogP contribution in [-0.4, -0.2) is 27.6 Å². The number of aromatic nitrogens is 2. The minimum absolute atomic E-state index is 0.0386. The van der Waals surface area contributed by atoms with Gasteiger partial charge in [-0.15, -0.1) is 0 Å². The van der Waals surface area contributed by atoms with E-state index in [-0.39, 0.29) is 6.54 Å². The Bertz CT molecular complexity index is 327. The van der Waals surface area contributed by atoms with E-state index < -0.39 is 17.6 Å². The van der Waals surface area contributed by atoms with Crippen LogP contribution in [0.5, 0.6) is 0 Å². The second-order valence-corrected chi connectivity index (χ2v) is 2.32. The number of rotatable bonds is 3. The standard InChI is InChI=1S/C6H9N3O3/c7-1-3(5(10)11)4-2-8-6(12)9-4/h2-3H,1,7H2,(H,10,11)(H2,8,9,12). The summed E-state index contributed by atoms with van der Waals surface area (Å²) in [4.78, 5) is 25.8. The summed E-state index contributed by atoms with van der Waals surface area (Å²) in [7, 11) is 0. The highest BCUT2D eigenvalue weighted by Gasteiger charge is 2.19. The summed E-state index contributed by atoms with van der Waals surface area (Å²) in [5.41, 5.74) is 5.07. The lowest BCUT2D eigenvalue weighted by molar-refractivity contribution is -0.138. The number of nitrogens with one attached hydrogen (secondary N) is 2. The first kappa shape index (κ1) is 8.54. The van der Waals surface area contributed by atoms with Gasteiger partial charge in [-0.3, -0.25) is 4.79 Å². The van der Waals surface area contributed by atoms with Crippen molar-refractivity contribution in [3.05, 3.63) is 22.4 Å². The highest BCUT2D eigenvalue weighted by Crippen LogP contribution is 2.08. The van der Waals surface area contributed by atoms with Crippen LogP contribution in [0.2, 0.25) is 0 Å². The fourth-order valence-electron chi connectivity index (χ4n) is 0.895. The van der Waals surface area contributed by atoms with Crippen molar-refractivity contribution in [3.8, 4) is 0 Å². The Hall–Kier alpha value is -1.56. The van der Waals surface area contributed by atoms with E-state index in [1.165, 1.54) is 6.20 Å². The van der Waals surface area contributed by atoms with Crippen molar-refractivity contribution in [2.24, 2.45) is 5.73 Å². The molecule has 0 aliphatic carbocycles. The van der Waals surface area contributed by atoms with E-state index in [4.69, 9.17) is 10.8 Å². The van der Waals surface area contributed by atoms with Gasteiger partial charge in [-0.25, -0.2) is 4.79 Å². The van der Waals surface area contributed by atoms with Gasteiger partial charge in [-0.2, -0.15) is 0 Å². The van der Waals surface area contributed by atoms with Crippen molar-refractivity contribution in [1.82, 2.24) is 9.97 Å². The molecule has 0 saturated carbocycles. The maximum Gasteiger partial charge on any atom is 0.323 e. The molecule has 1 unspecified atom stereocenters. The molecule has 0 amide bonds. The quantitative estimate of drug-likeness (QED) is 0.459. The minimum atomic E-state index is -1.05. The number of hydrogen-bond donors (Lipinski definition) is 4. The summed E-state index contributed by atoms with van der Waals surface area (Å²) in [6.45, 7) is -0.0386. The molecule has 0 spiro atoms. The molecular weight excluding hydrogens is 162 g/mol. The van der Waals surface area contributed by atoms with Crippen molar-refractivity contribution < 1.29 is 9.90 Å². The van der Waals surface area contributed by atoms with Crippen molar-refractivity contribution in [2.75, 3.05) is 6.54 Å². The van der Waals surface area contributed by atoms with Crippen molar-refractivity contribution in [3.63, 3.8) is 0 Å². The maximum absolute atomic E-state index is 10.6. The zero-order valence-electron chi connectivity index (χ0n) is 6.20. The first-order valence-electron chi connectivity index (χ1n) is 3.35. The molecule has 6 heteroatoms. The van der Waals surface area contributed by atoms with E-state index in [1.807, 2.05) is 0 Å². The zero-order valence-corrected chi connectivity index (χ0v) is 6.20. The summed E-state index contributed by atoms with van der Waals surface area (Å²) in [5, 5.41) is 8.62. The Morgan fingerprint density at radius 1 is 1.75 bits per heavy atom. The van der Waals surface area contributed by atoms with E-state index >= 15 is 0 Å². The number of aromatic amines is 2. The van der Waals surface area contributed by atoms with E-state index in [0.717, 1.165) is 0 Å². The fraction of sp³-hybridized carbons (Fsp3) is 0.333. The molecule has 0 aliphatic rings. The second kappa shape index (κ2) is 3.22. The molecule has 0 aliphatic heterocycles. The molecule has 1 atom stereocenters. The number of hydrogen-bond acceptors (Lipinski definition) is 3. The molecular formula is C6H9N3O3. The third-order valence-electron chi connectivity index (χ3n) is 1.53. The van der Waals surface area contributed by atoms with Gasteiger partial charge in [-0.1, -0.05) is 0 Å². The number of aliphatic carboxylic acids is 1. The Balaban J connectivity index is 2.94. The molecule has 6 nitrogen and oxygen atoms in total.